The summed E-state index contributed by atoms with van der Waals surface area (Å²) in [7, 11) is 0. The molecule has 0 atom stereocenters. The fourth-order valence-electron chi connectivity index (χ4n) is 1.68. The van der Waals surface area contributed by atoms with E-state index in [2.05, 4.69) is 13.8 Å². The first kappa shape index (κ1) is 13.6. The number of carboxylic acids is 1. The van der Waals surface area contributed by atoms with E-state index in [-0.39, 0.29) is 0 Å². The Hall–Kier alpha value is -1.51. The predicted octanol–water partition coefficient (Wildman–Crippen LogP) is 3.51. The summed E-state index contributed by atoms with van der Waals surface area (Å²) in [6, 6.07) is 5.13. The van der Waals surface area contributed by atoms with Crippen LogP contribution in [0.2, 0.25) is 0 Å². The Kier molecular flexibility index (Phi) is 5.01. The van der Waals surface area contributed by atoms with Crippen molar-refractivity contribution in [2.75, 3.05) is 6.61 Å². The number of benzene rings is 1. The van der Waals surface area contributed by atoms with Crippen molar-refractivity contribution in [2.24, 2.45) is 5.92 Å². The lowest BCUT2D eigenvalue weighted by atomic mass is 10.1. The molecule has 0 aliphatic heterocycles. The molecule has 0 aromatic heterocycles. The summed E-state index contributed by atoms with van der Waals surface area (Å²) >= 11 is 0. The Balaban J connectivity index is 2.59. The van der Waals surface area contributed by atoms with Crippen LogP contribution in [0.15, 0.2) is 18.2 Å². The van der Waals surface area contributed by atoms with Gasteiger partial charge < -0.3 is 9.84 Å². The van der Waals surface area contributed by atoms with Gasteiger partial charge in [-0.1, -0.05) is 19.9 Å². The monoisotopic (exact) mass is 236 g/mol. The number of ether oxygens (including phenoxy) is 1. The van der Waals surface area contributed by atoms with Crippen molar-refractivity contribution in [1.82, 2.24) is 0 Å². The summed E-state index contributed by atoms with van der Waals surface area (Å²) in [5, 5.41) is 8.98. The van der Waals surface area contributed by atoms with E-state index in [1.807, 2.05) is 6.07 Å². The predicted molar refractivity (Wildman–Crippen MR) is 67.7 cm³/mol. The third-order valence-corrected chi connectivity index (χ3v) is 2.70. The molecule has 1 rings (SSSR count). The van der Waals surface area contributed by atoms with Crippen LogP contribution in [0.25, 0.3) is 0 Å². The molecule has 0 saturated carbocycles. The molecular weight excluding hydrogens is 216 g/mol. The molecule has 0 fully saturated rings. The summed E-state index contributed by atoms with van der Waals surface area (Å²) < 4.78 is 5.61. The molecular formula is C14H20O3. The highest BCUT2D eigenvalue weighted by Crippen LogP contribution is 2.21. The highest BCUT2D eigenvalue weighted by molar-refractivity contribution is 5.90. The molecule has 0 aliphatic carbocycles. The maximum absolute atomic E-state index is 10.9. The maximum atomic E-state index is 10.9. The molecule has 0 spiro atoms. The summed E-state index contributed by atoms with van der Waals surface area (Å²) in [6.07, 6.45) is 2.12. The van der Waals surface area contributed by atoms with Crippen LogP contribution in [0.3, 0.4) is 0 Å². The van der Waals surface area contributed by atoms with Gasteiger partial charge in [-0.2, -0.15) is 0 Å². The SMILES string of the molecule is Cc1c(OCCCC(C)C)cccc1C(=O)O. The van der Waals surface area contributed by atoms with Crippen LogP contribution in [-0.2, 0) is 0 Å². The van der Waals surface area contributed by atoms with Gasteiger partial charge in [0.15, 0.2) is 0 Å². The Bertz CT molecular complexity index is 383. The molecule has 0 unspecified atom stereocenters. The van der Waals surface area contributed by atoms with Gasteiger partial charge in [0.05, 0.1) is 12.2 Å². The lowest BCUT2D eigenvalue weighted by Gasteiger charge is -2.11. The van der Waals surface area contributed by atoms with E-state index in [9.17, 15) is 4.79 Å². The molecule has 0 saturated heterocycles. The van der Waals surface area contributed by atoms with Gasteiger partial charge >= 0.3 is 5.97 Å². The van der Waals surface area contributed by atoms with Crippen molar-refractivity contribution < 1.29 is 14.6 Å². The summed E-state index contributed by atoms with van der Waals surface area (Å²) in [4.78, 5) is 10.9. The molecule has 1 aromatic rings. The summed E-state index contributed by atoms with van der Waals surface area (Å²) in [5.74, 6) is 0.439. The summed E-state index contributed by atoms with van der Waals surface area (Å²) in [6.45, 7) is 6.77. The van der Waals surface area contributed by atoms with Gasteiger partial charge in [-0.05, 0) is 37.8 Å². The zero-order chi connectivity index (χ0) is 12.8. The number of hydrogen-bond donors (Lipinski definition) is 1. The van der Waals surface area contributed by atoms with Crippen LogP contribution < -0.4 is 4.74 Å². The molecule has 0 bridgehead atoms. The normalized spacial score (nSPS) is 10.6. The van der Waals surface area contributed by atoms with Crippen molar-refractivity contribution >= 4 is 5.97 Å². The average molecular weight is 236 g/mol. The number of rotatable bonds is 6. The molecule has 0 aliphatic rings. The first-order valence-electron chi connectivity index (χ1n) is 5.98. The quantitative estimate of drug-likeness (QED) is 0.769. The standard InChI is InChI=1S/C14H20O3/c1-10(2)6-5-9-17-13-8-4-7-12(11(13)3)14(15)16/h4,7-8,10H,5-6,9H2,1-3H3,(H,15,16). The highest BCUT2D eigenvalue weighted by Gasteiger charge is 2.10. The molecule has 1 N–H and O–H groups in total. The summed E-state index contributed by atoms with van der Waals surface area (Å²) in [5.41, 5.74) is 1.01. The second-order valence-electron chi connectivity index (χ2n) is 4.62. The molecule has 17 heavy (non-hydrogen) atoms. The lowest BCUT2D eigenvalue weighted by molar-refractivity contribution is 0.0695. The largest absolute Gasteiger partial charge is 0.493 e. The van der Waals surface area contributed by atoms with E-state index in [0.717, 1.165) is 12.8 Å². The van der Waals surface area contributed by atoms with Crippen molar-refractivity contribution in [1.29, 1.82) is 0 Å². The number of carbonyl (C=O) groups is 1. The van der Waals surface area contributed by atoms with Gasteiger partial charge in [-0.3, -0.25) is 0 Å². The smallest absolute Gasteiger partial charge is 0.336 e. The molecule has 3 heteroatoms. The molecule has 94 valence electrons. The molecule has 3 nitrogen and oxygen atoms in total. The van der Waals surface area contributed by atoms with Crippen molar-refractivity contribution in [2.45, 2.75) is 33.6 Å². The number of carboxylic acid groups (broad SMARTS) is 1. The third kappa shape index (κ3) is 4.10. The van der Waals surface area contributed by atoms with Crippen molar-refractivity contribution in [3.63, 3.8) is 0 Å². The highest BCUT2D eigenvalue weighted by atomic mass is 16.5. The second-order valence-corrected chi connectivity index (χ2v) is 4.62. The van der Waals surface area contributed by atoms with Crippen molar-refractivity contribution in [3.8, 4) is 5.75 Å². The van der Waals surface area contributed by atoms with E-state index < -0.39 is 5.97 Å². The number of aromatic carboxylic acids is 1. The Morgan fingerprint density at radius 1 is 1.41 bits per heavy atom. The van der Waals surface area contributed by atoms with Crippen LogP contribution >= 0.6 is 0 Å². The average Bonchev–Trinajstić information content (AvgIpc) is 2.25. The zero-order valence-electron chi connectivity index (χ0n) is 10.7. The van der Waals surface area contributed by atoms with Gasteiger partial charge in [0, 0.05) is 5.56 Å². The van der Waals surface area contributed by atoms with Crippen LogP contribution in [0.4, 0.5) is 0 Å². The van der Waals surface area contributed by atoms with Crippen LogP contribution in [0, 0.1) is 12.8 Å². The van der Waals surface area contributed by atoms with Crippen LogP contribution in [0.5, 0.6) is 5.75 Å². The molecule has 0 radical (unpaired) electrons. The minimum absolute atomic E-state index is 0.311. The minimum atomic E-state index is -0.907. The van der Waals surface area contributed by atoms with Gasteiger partial charge in [0.25, 0.3) is 0 Å². The van der Waals surface area contributed by atoms with Crippen LogP contribution in [0.1, 0.15) is 42.6 Å². The van der Waals surface area contributed by atoms with E-state index in [4.69, 9.17) is 9.84 Å². The Labute approximate surface area is 102 Å². The molecule has 1 aromatic carbocycles. The Morgan fingerprint density at radius 2 is 2.12 bits per heavy atom. The van der Waals surface area contributed by atoms with Gasteiger partial charge in [0.2, 0.25) is 0 Å². The number of hydrogen-bond acceptors (Lipinski definition) is 2. The fraction of sp³-hybridized carbons (Fsp3) is 0.500. The first-order chi connectivity index (χ1) is 8.02. The van der Waals surface area contributed by atoms with Crippen molar-refractivity contribution in [3.05, 3.63) is 29.3 Å². The molecule has 0 heterocycles. The van der Waals surface area contributed by atoms with Gasteiger partial charge in [-0.15, -0.1) is 0 Å². The fourth-order valence-corrected chi connectivity index (χ4v) is 1.68. The van der Waals surface area contributed by atoms with Crippen LogP contribution in [-0.4, -0.2) is 17.7 Å². The lowest BCUT2D eigenvalue weighted by Crippen LogP contribution is -2.04. The van der Waals surface area contributed by atoms with E-state index in [1.54, 1.807) is 19.1 Å². The third-order valence-electron chi connectivity index (χ3n) is 2.70. The van der Waals surface area contributed by atoms with E-state index >= 15 is 0 Å². The zero-order valence-corrected chi connectivity index (χ0v) is 10.7. The Morgan fingerprint density at radius 3 is 2.71 bits per heavy atom. The minimum Gasteiger partial charge on any atom is -0.493 e. The van der Waals surface area contributed by atoms with Gasteiger partial charge in [-0.25, -0.2) is 4.79 Å². The molecule has 0 amide bonds. The second kappa shape index (κ2) is 6.28. The van der Waals surface area contributed by atoms with E-state index in [1.165, 1.54) is 0 Å². The van der Waals surface area contributed by atoms with E-state index in [0.29, 0.717) is 29.4 Å². The van der Waals surface area contributed by atoms with Gasteiger partial charge in [0.1, 0.15) is 5.75 Å². The topological polar surface area (TPSA) is 46.5 Å². The maximum Gasteiger partial charge on any atom is 0.336 e. The first-order valence-corrected chi connectivity index (χ1v) is 5.98.